The molecule has 1 atom stereocenters. The SMILES string of the molecule is CCOCC(=O)N1CCC(c2cc(C)cc(C)c2)C1. The third-order valence-electron chi connectivity index (χ3n) is 3.69. The predicted octanol–water partition coefficient (Wildman–Crippen LogP) is 2.66. The standard InChI is InChI=1S/C16H23NO2/c1-4-19-11-16(18)17-6-5-14(10-17)15-8-12(2)7-13(3)9-15/h7-9,14H,4-6,10-11H2,1-3H3. The van der Waals surface area contributed by atoms with Crippen LogP contribution in [0.4, 0.5) is 0 Å². The van der Waals surface area contributed by atoms with E-state index >= 15 is 0 Å². The van der Waals surface area contributed by atoms with Gasteiger partial charge in [0.1, 0.15) is 6.61 Å². The van der Waals surface area contributed by atoms with Crippen LogP contribution in [0.25, 0.3) is 0 Å². The highest BCUT2D eigenvalue weighted by Gasteiger charge is 2.27. The van der Waals surface area contributed by atoms with Gasteiger partial charge >= 0.3 is 0 Å². The number of likely N-dealkylation sites (tertiary alicyclic amines) is 1. The molecule has 1 aromatic carbocycles. The first-order valence-corrected chi connectivity index (χ1v) is 7.04. The van der Waals surface area contributed by atoms with E-state index in [1.165, 1.54) is 16.7 Å². The van der Waals surface area contributed by atoms with Crippen LogP contribution in [0.2, 0.25) is 0 Å². The number of hydrogen-bond acceptors (Lipinski definition) is 2. The Morgan fingerprint density at radius 2 is 2.00 bits per heavy atom. The minimum absolute atomic E-state index is 0.119. The van der Waals surface area contributed by atoms with Crippen LogP contribution in [0, 0.1) is 13.8 Å². The summed E-state index contributed by atoms with van der Waals surface area (Å²) in [7, 11) is 0. The van der Waals surface area contributed by atoms with Gasteiger partial charge in [-0.1, -0.05) is 29.3 Å². The molecule has 19 heavy (non-hydrogen) atoms. The Hall–Kier alpha value is -1.35. The summed E-state index contributed by atoms with van der Waals surface area (Å²) >= 11 is 0. The lowest BCUT2D eigenvalue weighted by molar-refractivity contribution is -0.134. The molecule has 1 heterocycles. The molecular weight excluding hydrogens is 238 g/mol. The Balaban J connectivity index is 1.99. The third-order valence-corrected chi connectivity index (χ3v) is 3.69. The molecule has 0 aromatic heterocycles. The zero-order chi connectivity index (χ0) is 13.8. The second-order valence-corrected chi connectivity index (χ2v) is 5.38. The van der Waals surface area contributed by atoms with Gasteiger partial charge in [0.25, 0.3) is 0 Å². The quantitative estimate of drug-likeness (QED) is 0.834. The number of nitrogens with zero attached hydrogens (tertiary/aromatic N) is 1. The fourth-order valence-electron chi connectivity index (χ4n) is 2.79. The van der Waals surface area contributed by atoms with Crippen molar-refractivity contribution < 1.29 is 9.53 Å². The number of hydrogen-bond donors (Lipinski definition) is 0. The average Bonchev–Trinajstić information content (AvgIpc) is 2.84. The molecular formula is C16H23NO2. The number of rotatable bonds is 4. The fourth-order valence-corrected chi connectivity index (χ4v) is 2.79. The van der Waals surface area contributed by atoms with Crippen molar-refractivity contribution in [3.8, 4) is 0 Å². The van der Waals surface area contributed by atoms with Crippen molar-refractivity contribution >= 4 is 5.91 Å². The van der Waals surface area contributed by atoms with E-state index in [-0.39, 0.29) is 12.5 Å². The van der Waals surface area contributed by atoms with Crippen molar-refractivity contribution in [3.05, 3.63) is 34.9 Å². The normalized spacial score (nSPS) is 18.9. The second kappa shape index (κ2) is 6.20. The van der Waals surface area contributed by atoms with Gasteiger partial charge in [-0.15, -0.1) is 0 Å². The number of amides is 1. The molecule has 0 N–H and O–H groups in total. The van der Waals surface area contributed by atoms with Crippen LogP contribution in [0.15, 0.2) is 18.2 Å². The minimum Gasteiger partial charge on any atom is -0.372 e. The van der Waals surface area contributed by atoms with E-state index < -0.39 is 0 Å². The van der Waals surface area contributed by atoms with Crippen molar-refractivity contribution in [1.29, 1.82) is 0 Å². The number of carbonyl (C=O) groups excluding carboxylic acids is 1. The molecule has 1 aliphatic rings. The van der Waals surface area contributed by atoms with Crippen LogP contribution in [0.3, 0.4) is 0 Å². The van der Waals surface area contributed by atoms with Crippen molar-refractivity contribution in [3.63, 3.8) is 0 Å². The van der Waals surface area contributed by atoms with E-state index in [1.807, 2.05) is 11.8 Å². The Labute approximate surface area is 115 Å². The Kier molecular flexibility index (Phi) is 4.59. The molecule has 0 bridgehead atoms. The molecule has 3 heteroatoms. The predicted molar refractivity (Wildman–Crippen MR) is 76.3 cm³/mol. The van der Waals surface area contributed by atoms with Gasteiger partial charge in [-0.05, 0) is 32.8 Å². The van der Waals surface area contributed by atoms with Gasteiger partial charge < -0.3 is 9.64 Å². The second-order valence-electron chi connectivity index (χ2n) is 5.38. The molecule has 0 aliphatic carbocycles. The molecule has 1 aromatic rings. The van der Waals surface area contributed by atoms with Crippen LogP contribution in [-0.4, -0.2) is 37.1 Å². The maximum absolute atomic E-state index is 11.9. The number of ether oxygens (including phenoxy) is 1. The Morgan fingerprint density at radius 1 is 1.32 bits per heavy atom. The molecule has 104 valence electrons. The number of benzene rings is 1. The Morgan fingerprint density at radius 3 is 2.63 bits per heavy atom. The zero-order valence-electron chi connectivity index (χ0n) is 12.1. The first-order chi connectivity index (χ1) is 9.10. The van der Waals surface area contributed by atoms with Crippen molar-refractivity contribution in [2.75, 3.05) is 26.3 Å². The monoisotopic (exact) mass is 261 g/mol. The number of aryl methyl sites for hydroxylation is 2. The lowest BCUT2D eigenvalue weighted by Crippen LogP contribution is -2.31. The Bertz CT molecular complexity index is 436. The molecule has 2 rings (SSSR count). The summed E-state index contributed by atoms with van der Waals surface area (Å²) in [6, 6.07) is 6.68. The number of carbonyl (C=O) groups is 1. The first-order valence-electron chi connectivity index (χ1n) is 7.04. The molecule has 0 radical (unpaired) electrons. The van der Waals surface area contributed by atoms with E-state index in [1.54, 1.807) is 0 Å². The van der Waals surface area contributed by atoms with Gasteiger partial charge in [0, 0.05) is 25.6 Å². The lowest BCUT2D eigenvalue weighted by Gasteiger charge is -2.17. The third kappa shape index (κ3) is 3.57. The van der Waals surface area contributed by atoms with E-state index in [0.29, 0.717) is 12.5 Å². The van der Waals surface area contributed by atoms with Gasteiger partial charge in [-0.3, -0.25) is 4.79 Å². The molecule has 1 saturated heterocycles. The zero-order valence-corrected chi connectivity index (χ0v) is 12.1. The molecule has 0 saturated carbocycles. The van der Waals surface area contributed by atoms with E-state index in [0.717, 1.165) is 19.5 Å². The molecule has 1 fully saturated rings. The molecule has 1 amide bonds. The van der Waals surface area contributed by atoms with Crippen LogP contribution in [0.5, 0.6) is 0 Å². The van der Waals surface area contributed by atoms with Gasteiger partial charge in [0.2, 0.25) is 5.91 Å². The van der Waals surface area contributed by atoms with Crippen molar-refractivity contribution in [2.24, 2.45) is 0 Å². The highest BCUT2D eigenvalue weighted by molar-refractivity contribution is 5.77. The summed E-state index contributed by atoms with van der Waals surface area (Å²) < 4.78 is 5.20. The van der Waals surface area contributed by atoms with Crippen LogP contribution in [-0.2, 0) is 9.53 Å². The fraction of sp³-hybridized carbons (Fsp3) is 0.562. The van der Waals surface area contributed by atoms with E-state index in [9.17, 15) is 4.79 Å². The van der Waals surface area contributed by atoms with Gasteiger partial charge in [-0.2, -0.15) is 0 Å². The van der Waals surface area contributed by atoms with Gasteiger partial charge in [-0.25, -0.2) is 0 Å². The van der Waals surface area contributed by atoms with E-state index in [2.05, 4.69) is 32.0 Å². The average molecular weight is 261 g/mol. The van der Waals surface area contributed by atoms with Gasteiger partial charge in [0.05, 0.1) is 0 Å². The van der Waals surface area contributed by atoms with Gasteiger partial charge in [0.15, 0.2) is 0 Å². The van der Waals surface area contributed by atoms with Crippen LogP contribution < -0.4 is 0 Å². The highest BCUT2D eigenvalue weighted by Crippen LogP contribution is 2.28. The summed E-state index contributed by atoms with van der Waals surface area (Å²) in [5.74, 6) is 0.595. The van der Waals surface area contributed by atoms with Crippen LogP contribution >= 0.6 is 0 Å². The van der Waals surface area contributed by atoms with Crippen molar-refractivity contribution in [1.82, 2.24) is 4.90 Å². The maximum Gasteiger partial charge on any atom is 0.248 e. The smallest absolute Gasteiger partial charge is 0.248 e. The lowest BCUT2D eigenvalue weighted by atomic mass is 9.95. The maximum atomic E-state index is 11.9. The van der Waals surface area contributed by atoms with Crippen molar-refractivity contribution in [2.45, 2.75) is 33.1 Å². The summed E-state index contributed by atoms with van der Waals surface area (Å²) in [4.78, 5) is 13.8. The topological polar surface area (TPSA) is 29.5 Å². The van der Waals surface area contributed by atoms with E-state index in [4.69, 9.17) is 4.74 Å². The molecule has 1 aliphatic heterocycles. The summed E-state index contributed by atoms with van der Waals surface area (Å²) in [5.41, 5.74) is 3.97. The largest absolute Gasteiger partial charge is 0.372 e. The first kappa shape index (κ1) is 14.1. The molecule has 3 nitrogen and oxygen atoms in total. The minimum atomic E-state index is 0.119. The molecule has 0 spiro atoms. The summed E-state index contributed by atoms with van der Waals surface area (Å²) in [6.07, 6.45) is 1.06. The highest BCUT2D eigenvalue weighted by atomic mass is 16.5. The summed E-state index contributed by atoms with van der Waals surface area (Å²) in [6.45, 7) is 8.66. The summed E-state index contributed by atoms with van der Waals surface area (Å²) in [5, 5.41) is 0. The van der Waals surface area contributed by atoms with Crippen LogP contribution in [0.1, 0.15) is 36.0 Å². The molecule has 1 unspecified atom stereocenters.